The van der Waals surface area contributed by atoms with Crippen molar-refractivity contribution >= 4 is 15.9 Å². The van der Waals surface area contributed by atoms with Crippen molar-refractivity contribution in [1.82, 2.24) is 19.2 Å². The van der Waals surface area contributed by atoms with Gasteiger partial charge in [-0.3, -0.25) is 9.59 Å². The fourth-order valence-electron chi connectivity index (χ4n) is 4.04. The Hall–Kier alpha value is -2.59. The number of H-pyrrole nitrogens is 1. The molecule has 2 aromatic rings. The van der Waals surface area contributed by atoms with Crippen LogP contribution in [0.4, 0.5) is 4.39 Å². The summed E-state index contributed by atoms with van der Waals surface area (Å²) in [6.45, 7) is 1.21. The molecule has 8 nitrogen and oxygen atoms in total. The third kappa shape index (κ3) is 4.15. The molecular weight excluding hydrogens is 411 g/mol. The minimum absolute atomic E-state index is 0.0170. The zero-order chi connectivity index (χ0) is 21.5. The fraction of sp³-hybridized carbons (Fsp3) is 0.450. The van der Waals surface area contributed by atoms with Gasteiger partial charge in [0.1, 0.15) is 11.6 Å². The first-order chi connectivity index (χ1) is 14.2. The molecule has 160 valence electrons. The summed E-state index contributed by atoms with van der Waals surface area (Å²) in [5.41, 5.74) is 1.09. The highest BCUT2D eigenvalue weighted by molar-refractivity contribution is 7.88. The second-order valence-electron chi connectivity index (χ2n) is 7.82. The average Bonchev–Trinajstić information content (AvgIpc) is 3.19. The predicted molar refractivity (Wildman–Crippen MR) is 108 cm³/mol. The Kier molecular flexibility index (Phi) is 5.46. The number of amides is 1. The van der Waals surface area contributed by atoms with Crippen molar-refractivity contribution in [3.05, 3.63) is 63.1 Å². The number of nitrogens with zero attached hydrogens (tertiary/aromatic N) is 3. The summed E-state index contributed by atoms with van der Waals surface area (Å²) in [5.74, 6) is -0.264. The van der Waals surface area contributed by atoms with Gasteiger partial charge in [0.15, 0.2) is 0 Å². The number of benzene rings is 1. The number of halogens is 1. The zero-order valence-electron chi connectivity index (χ0n) is 16.6. The number of hydrogen-bond donors (Lipinski definition) is 1. The molecule has 0 radical (unpaired) electrons. The molecule has 1 amide bonds. The molecule has 3 heterocycles. The Morgan fingerprint density at radius 2 is 2.07 bits per heavy atom. The maximum atomic E-state index is 13.8. The van der Waals surface area contributed by atoms with Crippen molar-refractivity contribution in [2.45, 2.75) is 31.7 Å². The number of hydrogen-bond acceptors (Lipinski definition) is 5. The molecule has 0 spiro atoms. The number of sulfonamides is 1. The van der Waals surface area contributed by atoms with Crippen LogP contribution in [0.25, 0.3) is 0 Å². The molecule has 1 atom stereocenters. The molecule has 0 bridgehead atoms. The van der Waals surface area contributed by atoms with Crippen LogP contribution in [0.15, 0.2) is 29.1 Å². The lowest BCUT2D eigenvalue weighted by molar-refractivity contribution is -0.129. The number of fused-ring (bicyclic) bond motifs is 1. The quantitative estimate of drug-likeness (QED) is 0.766. The molecule has 0 saturated carbocycles. The number of carbonyl (C=O) groups is 1. The molecule has 2 aliphatic rings. The minimum Gasteiger partial charge on any atom is -0.342 e. The molecular formula is C20H23FN4O4S. The van der Waals surface area contributed by atoms with E-state index < -0.39 is 15.8 Å². The van der Waals surface area contributed by atoms with E-state index in [4.69, 9.17) is 0 Å². The summed E-state index contributed by atoms with van der Waals surface area (Å²) < 4.78 is 38.9. The second kappa shape index (κ2) is 7.92. The smallest absolute Gasteiger partial charge is 0.254 e. The minimum atomic E-state index is -3.37. The highest BCUT2D eigenvalue weighted by Crippen LogP contribution is 2.26. The van der Waals surface area contributed by atoms with Gasteiger partial charge in [-0.05, 0) is 24.5 Å². The first kappa shape index (κ1) is 20.7. The van der Waals surface area contributed by atoms with E-state index in [1.54, 1.807) is 23.1 Å². The van der Waals surface area contributed by atoms with E-state index in [0.717, 1.165) is 6.26 Å². The lowest BCUT2D eigenvalue weighted by atomic mass is 10.1. The van der Waals surface area contributed by atoms with Gasteiger partial charge in [-0.15, -0.1) is 0 Å². The van der Waals surface area contributed by atoms with Crippen molar-refractivity contribution in [2.24, 2.45) is 0 Å². The summed E-state index contributed by atoms with van der Waals surface area (Å²) in [4.78, 5) is 34.1. The van der Waals surface area contributed by atoms with Crippen LogP contribution in [0, 0.1) is 5.82 Å². The highest BCUT2D eigenvalue weighted by atomic mass is 32.2. The summed E-state index contributed by atoms with van der Waals surface area (Å²) >= 11 is 0. The van der Waals surface area contributed by atoms with Crippen molar-refractivity contribution in [3.63, 3.8) is 0 Å². The Morgan fingerprint density at radius 1 is 1.30 bits per heavy atom. The van der Waals surface area contributed by atoms with Gasteiger partial charge in [-0.2, -0.15) is 4.31 Å². The monoisotopic (exact) mass is 434 g/mol. The Bertz CT molecular complexity index is 1150. The van der Waals surface area contributed by atoms with E-state index in [0.29, 0.717) is 48.6 Å². The average molecular weight is 434 g/mol. The maximum absolute atomic E-state index is 13.8. The lowest BCUT2D eigenvalue weighted by Gasteiger charge is -2.26. The summed E-state index contributed by atoms with van der Waals surface area (Å²) in [5, 5.41) is 0. The Morgan fingerprint density at radius 3 is 2.80 bits per heavy atom. The van der Waals surface area contributed by atoms with Gasteiger partial charge in [0.2, 0.25) is 15.9 Å². The van der Waals surface area contributed by atoms with Gasteiger partial charge >= 0.3 is 0 Å². The van der Waals surface area contributed by atoms with Crippen molar-refractivity contribution in [3.8, 4) is 0 Å². The standard InChI is InChI=1S/C20H23FN4O4S/c1-30(28,29)25-9-7-15-17(12-25)22-19(23-20(15)27)14-6-8-24(11-14)18(26)10-13-4-2-3-5-16(13)21/h2-5,14H,6-12H2,1H3,(H,22,23,27)/t14-/m0/s1. The zero-order valence-corrected chi connectivity index (χ0v) is 17.4. The molecule has 0 unspecified atom stereocenters. The van der Waals surface area contributed by atoms with Crippen LogP contribution >= 0.6 is 0 Å². The van der Waals surface area contributed by atoms with Gasteiger partial charge in [0.25, 0.3) is 5.56 Å². The van der Waals surface area contributed by atoms with Gasteiger partial charge in [-0.1, -0.05) is 18.2 Å². The second-order valence-corrected chi connectivity index (χ2v) is 9.80. The first-order valence-electron chi connectivity index (χ1n) is 9.80. The van der Waals surface area contributed by atoms with Crippen LogP contribution < -0.4 is 5.56 Å². The molecule has 2 aliphatic heterocycles. The number of aromatic amines is 1. The fourth-order valence-corrected chi connectivity index (χ4v) is 4.82. The van der Waals surface area contributed by atoms with Crippen LogP contribution in [-0.4, -0.2) is 59.4 Å². The number of carbonyl (C=O) groups excluding carboxylic acids is 1. The molecule has 1 aromatic heterocycles. The van der Waals surface area contributed by atoms with Gasteiger partial charge in [-0.25, -0.2) is 17.8 Å². The van der Waals surface area contributed by atoms with E-state index in [1.165, 1.54) is 10.4 Å². The lowest BCUT2D eigenvalue weighted by Crippen LogP contribution is -2.39. The number of likely N-dealkylation sites (tertiary alicyclic amines) is 1. The van der Waals surface area contributed by atoms with E-state index in [-0.39, 0.29) is 36.9 Å². The topological polar surface area (TPSA) is 103 Å². The molecule has 4 rings (SSSR count). The van der Waals surface area contributed by atoms with Gasteiger partial charge in [0, 0.05) is 31.1 Å². The molecule has 30 heavy (non-hydrogen) atoms. The predicted octanol–water partition coefficient (Wildman–Crippen LogP) is 0.785. The number of nitrogens with one attached hydrogen (secondary N) is 1. The summed E-state index contributed by atoms with van der Waals surface area (Å²) in [6.07, 6.45) is 2.07. The Balaban J connectivity index is 1.49. The molecule has 1 N–H and O–H groups in total. The molecule has 1 saturated heterocycles. The van der Waals surface area contributed by atoms with Crippen LogP contribution in [-0.2, 0) is 34.2 Å². The van der Waals surface area contributed by atoms with Crippen molar-refractivity contribution in [1.29, 1.82) is 0 Å². The van der Waals surface area contributed by atoms with Crippen molar-refractivity contribution in [2.75, 3.05) is 25.9 Å². The molecule has 1 fully saturated rings. The normalized spacial score (nSPS) is 19.7. The Labute approximate surface area is 173 Å². The van der Waals surface area contributed by atoms with Crippen LogP contribution in [0.2, 0.25) is 0 Å². The summed E-state index contributed by atoms with van der Waals surface area (Å²) in [7, 11) is -3.37. The van der Waals surface area contributed by atoms with E-state index >= 15 is 0 Å². The number of aromatic nitrogens is 2. The SMILES string of the molecule is CS(=O)(=O)N1CCc2c(nc([C@H]3CCN(C(=O)Cc4ccccc4F)C3)[nH]c2=O)C1. The van der Waals surface area contributed by atoms with E-state index in [9.17, 15) is 22.4 Å². The van der Waals surface area contributed by atoms with Crippen molar-refractivity contribution < 1.29 is 17.6 Å². The van der Waals surface area contributed by atoms with Gasteiger partial charge in [0.05, 0.1) is 24.9 Å². The molecule has 0 aliphatic carbocycles. The number of rotatable bonds is 4. The third-order valence-corrected chi connectivity index (χ3v) is 7.00. The van der Waals surface area contributed by atoms with Crippen LogP contribution in [0.1, 0.15) is 35.0 Å². The van der Waals surface area contributed by atoms with E-state index in [1.807, 2.05) is 0 Å². The maximum Gasteiger partial charge on any atom is 0.254 e. The van der Waals surface area contributed by atoms with Crippen LogP contribution in [0.5, 0.6) is 0 Å². The third-order valence-electron chi connectivity index (χ3n) is 5.75. The first-order valence-corrected chi connectivity index (χ1v) is 11.7. The van der Waals surface area contributed by atoms with E-state index in [2.05, 4.69) is 9.97 Å². The molecule has 1 aromatic carbocycles. The summed E-state index contributed by atoms with van der Waals surface area (Å²) in [6, 6.07) is 6.20. The van der Waals surface area contributed by atoms with Gasteiger partial charge < -0.3 is 9.88 Å². The molecule has 10 heteroatoms. The van der Waals surface area contributed by atoms with Crippen LogP contribution in [0.3, 0.4) is 0 Å². The highest BCUT2D eigenvalue weighted by Gasteiger charge is 2.32. The largest absolute Gasteiger partial charge is 0.342 e.